The number of anilines is 1. The summed E-state index contributed by atoms with van der Waals surface area (Å²) in [6, 6.07) is 5.39. The molecule has 1 saturated heterocycles. The van der Waals surface area contributed by atoms with Crippen LogP contribution < -0.4 is 5.73 Å². The minimum absolute atomic E-state index is 0.103. The highest BCUT2D eigenvalue weighted by molar-refractivity contribution is 7.48. The number of hydrogen-bond acceptors (Lipinski definition) is 15. The van der Waals surface area contributed by atoms with Gasteiger partial charge in [-0.2, -0.15) is 0 Å². The monoisotopic (exact) mass is 592 g/mol. The molecular formula is C22H21N6O10PS. The maximum Gasteiger partial charge on any atom is 0.529 e. The van der Waals surface area contributed by atoms with Gasteiger partial charge in [0.15, 0.2) is 23.7 Å². The van der Waals surface area contributed by atoms with Gasteiger partial charge >= 0.3 is 13.8 Å². The molecule has 2 unspecified atom stereocenters. The van der Waals surface area contributed by atoms with Gasteiger partial charge in [0.05, 0.1) is 17.8 Å². The molecule has 5 heterocycles. The molecule has 0 radical (unpaired) electrons. The minimum Gasteiger partial charge on any atom is -0.508 e. The van der Waals surface area contributed by atoms with Crippen molar-refractivity contribution in [2.75, 3.05) is 18.9 Å². The molecule has 6 N–H and O–H groups in total. The number of carbonyl (C=O) groups excluding carboxylic acids is 1. The molecule has 3 aromatic heterocycles. The molecule has 6 rings (SSSR count). The van der Waals surface area contributed by atoms with E-state index < -0.39 is 51.0 Å². The van der Waals surface area contributed by atoms with Crippen LogP contribution in [0.2, 0.25) is 0 Å². The number of hydrogen-bond donors (Lipinski definition) is 5. The second-order valence-corrected chi connectivity index (χ2v) is 11.4. The summed E-state index contributed by atoms with van der Waals surface area (Å²) in [6.45, 7) is -0.928. The number of benzene rings is 1. The predicted octanol–water partition coefficient (Wildman–Crippen LogP) is 0.454. The highest BCUT2D eigenvalue weighted by atomic mass is 32.1. The summed E-state index contributed by atoms with van der Waals surface area (Å²) in [5, 5.41) is 31.4. The van der Waals surface area contributed by atoms with Crippen LogP contribution in [0.5, 0.6) is 5.75 Å². The Morgan fingerprint density at radius 2 is 2.05 bits per heavy atom. The molecule has 6 atom stereocenters. The molecule has 0 spiro atoms. The van der Waals surface area contributed by atoms with Crippen LogP contribution in [0.25, 0.3) is 21.3 Å². The minimum atomic E-state index is -4.97. The lowest BCUT2D eigenvalue weighted by atomic mass is 10.1. The second kappa shape index (κ2) is 10.0. The first-order valence-electron chi connectivity index (χ1n) is 11.7. The van der Waals surface area contributed by atoms with Crippen molar-refractivity contribution in [2.45, 2.75) is 30.6 Å². The number of nitrogen functional groups attached to an aromatic ring is 1. The summed E-state index contributed by atoms with van der Waals surface area (Å²) in [5.74, 6) is -0.802. The van der Waals surface area contributed by atoms with E-state index in [1.165, 1.54) is 34.6 Å². The van der Waals surface area contributed by atoms with E-state index in [0.717, 1.165) is 10.1 Å². The molecule has 2 aliphatic heterocycles. The van der Waals surface area contributed by atoms with Crippen LogP contribution in [0.1, 0.15) is 11.1 Å². The Kier molecular flexibility index (Phi) is 6.66. The average molecular weight is 592 g/mol. The molecule has 1 fully saturated rings. The fraction of sp³-hybridized carbons (Fsp3) is 0.318. The average Bonchev–Trinajstić information content (AvgIpc) is 3.69. The molecular weight excluding hydrogens is 571 g/mol. The fourth-order valence-electron chi connectivity index (χ4n) is 4.28. The SMILES string of the molecule is Nc1ncnc2c1ncn2[C@@H]1O[C@H](COP(=O)(O)OC(=O)C2COC(c3cc4ccc(O)cc4s3)=N2)[C@@H](O)[C@H]1O. The number of aromatic hydroxyl groups is 1. The van der Waals surface area contributed by atoms with E-state index in [0.29, 0.717) is 4.88 Å². The third-order valence-corrected chi connectivity index (χ3v) is 8.22. The van der Waals surface area contributed by atoms with Gasteiger partial charge in [-0.15, -0.1) is 11.3 Å². The number of phenolic OH excluding ortho intramolecular Hbond substituents is 1. The second-order valence-electron chi connectivity index (χ2n) is 8.90. The molecule has 210 valence electrons. The van der Waals surface area contributed by atoms with Crippen molar-refractivity contribution in [1.82, 2.24) is 19.5 Å². The van der Waals surface area contributed by atoms with Crippen LogP contribution in [-0.2, 0) is 27.9 Å². The Bertz CT molecular complexity index is 1690. The number of aliphatic imine (C=N–C) groups is 1. The Morgan fingerprint density at radius 1 is 1.23 bits per heavy atom. The molecule has 1 aromatic carbocycles. The maximum absolute atomic E-state index is 12.5. The first kappa shape index (κ1) is 26.5. The van der Waals surface area contributed by atoms with Gasteiger partial charge in [0, 0.05) is 4.70 Å². The van der Waals surface area contributed by atoms with Gasteiger partial charge < -0.3 is 35.1 Å². The van der Waals surface area contributed by atoms with Gasteiger partial charge in [-0.1, -0.05) is 0 Å². The van der Waals surface area contributed by atoms with Crippen molar-refractivity contribution in [3.8, 4) is 5.75 Å². The topological polar surface area (TPSA) is 234 Å². The van der Waals surface area contributed by atoms with Crippen LogP contribution in [-0.4, -0.2) is 89.2 Å². The molecule has 0 aliphatic carbocycles. The number of nitrogens with two attached hydrogens (primary N) is 1. The number of aliphatic hydroxyl groups is 2. The third-order valence-electron chi connectivity index (χ3n) is 6.24. The number of phosphoric ester groups is 1. The molecule has 0 amide bonds. The quantitative estimate of drug-likeness (QED) is 0.183. The highest BCUT2D eigenvalue weighted by Crippen LogP contribution is 2.45. The third kappa shape index (κ3) is 4.88. The number of aromatic nitrogens is 4. The lowest BCUT2D eigenvalue weighted by Crippen LogP contribution is -2.33. The van der Waals surface area contributed by atoms with Crippen molar-refractivity contribution in [3.63, 3.8) is 0 Å². The maximum atomic E-state index is 12.5. The van der Waals surface area contributed by atoms with E-state index in [9.17, 15) is 29.6 Å². The van der Waals surface area contributed by atoms with E-state index in [2.05, 4.69) is 24.5 Å². The lowest BCUT2D eigenvalue weighted by Gasteiger charge is -2.17. The number of phenols is 1. The molecule has 0 bridgehead atoms. The highest BCUT2D eigenvalue weighted by Gasteiger charge is 2.46. The summed E-state index contributed by atoms with van der Waals surface area (Å²) in [4.78, 5) is 39.3. The fourth-order valence-corrected chi connectivity index (χ4v) is 6.06. The van der Waals surface area contributed by atoms with Gasteiger partial charge in [-0.25, -0.2) is 29.3 Å². The summed E-state index contributed by atoms with van der Waals surface area (Å²) >= 11 is 1.28. The number of nitrogens with zero attached hydrogens (tertiary/aromatic N) is 5. The van der Waals surface area contributed by atoms with Crippen molar-refractivity contribution < 1.29 is 48.1 Å². The molecule has 18 heteroatoms. The molecule has 2 aliphatic rings. The van der Waals surface area contributed by atoms with Crippen LogP contribution in [0, 0.1) is 0 Å². The number of thiophene rings is 1. The van der Waals surface area contributed by atoms with E-state index in [1.54, 1.807) is 18.2 Å². The first-order chi connectivity index (χ1) is 19.1. The number of fused-ring (bicyclic) bond motifs is 2. The lowest BCUT2D eigenvalue weighted by molar-refractivity contribution is -0.138. The number of rotatable bonds is 7. The van der Waals surface area contributed by atoms with Crippen molar-refractivity contribution in [3.05, 3.63) is 41.8 Å². The van der Waals surface area contributed by atoms with E-state index in [-0.39, 0.29) is 35.2 Å². The Hall–Kier alpha value is -3.70. The Morgan fingerprint density at radius 3 is 2.88 bits per heavy atom. The number of aliphatic hydroxyl groups excluding tert-OH is 2. The molecule has 40 heavy (non-hydrogen) atoms. The summed E-state index contributed by atoms with van der Waals surface area (Å²) in [7, 11) is -4.97. The first-order valence-corrected chi connectivity index (χ1v) is 14.0. The van der Waals surface area contributed by atoms with Gasteiger partial charge in [0.25, 0.3) is 0 Å². The van der Waals surface area contributed by atoms with Crippen molar-refractivity contribution >= 4 is 58.1 Å². The van der Waals surface area contributed by atoms with Gasteiger partial charge in [0.1, 0.15) is 42.5 Å². The van der Waals surface area contributed by atoms with Gasteiger partial charge in [-0.05, 0) is 29.7 Å². The number of carbonyl (C=O) groups is 1. The van der Waals surface area contributed by atoms with E-state index >= 15 is 0 Å². The van der Waals surface area contributed by atoms with Gasteiger partial charge in [-0.3, -0.25) is 14.0 Å². The number of ether oxygens (including phenoxy) is 2. The Balaban J connectivity index is 1.08. The predicted molar refractivity (Wildman–Crippen MR) is 137 cm³/mol. The largest absolute Gasteiger partial charge is 0.529 e. The summed E-state index contributed by atoms with van der Waals surface area (Å²) < 4.78 is 35.3. The van der Waals surface area contributed by atoms with E-state index in [1.807, 2.05) is 0 Å². The van der Waals surface area contributed by atoms with Crippen molar-refractivity contribution in [2.24, 2.45) is 4.99 Å². The van der Waals surface area contributed by atoms with Crippen LogP contribution in [0.15, 0.2) is 41.9 Å². The number of imidazole rings is 1. The number of phosphoric acid groups is 1. The summed E-state index contributed by atoms with van der Waals surface area (Å²) in [6.07, 6.45) is -2.98. The van der Waals surface area contributed by atoms with Crippen LogP contribution >= 0.6 is 19.2 Å². The molecule has 16 nitrogen and oxygen atoms in total. The van der Waals surface area contributed by atoms with Crippen LogP contribution in [0.4, 0.5) is 5.82 Å². The zero-order valence-electron chi connectivity index (χ0n) is 20.2. The summed E-state index contributed by atoms with van der Waals surface area (Å²) in [5.41, 5.74) is 6.27. The molecule has 0 saturated carbocycles. The molecule has 4 aromatic rings. The zero-order valence-corrected chi connectivity index (χ0v) is 21.9. The zero-order chi connectivity index (χ0) is 28.2. The van der Waals surface area contributed by atoms with Gasteiger partial charge in [0.2, 0.25) is 5.90 Å². The van der Waals surface area contributed by atoms with Crippen molar-refractivity contribution in [1.29, 1.82) is 0 Å². The standard InChI is InChI=1S/C22H21N6O10PS/c23-18-15-19(25-7-24-18)28(8-26-15)21-17(31)16(30)12(37-21)6-36-39(33,34)38-22(32)11-5-35-20(27-11)14-3-9-1-2-10(29)4-13(9)40-14/h1-4,7-8,11-12,16-17,21,29-31H,5-6H2,(H,33,34)(H2,23,24,25)/t11?,12-,16-,17-,21-/m1/s1. The van der Waals surface area contributed by atoms with Crippen LogP contribution in [0.3, 0.4) is 0 Å². The Labute approximate surface area is 227 Å². The van der Waals surface area contributed by atoms with E-state index in [4.69, 9.17) is 19.7 Å². The normalized spacial score (nSPS) is 26.1. The smallest absolute Gasteiger partial charge is 0.508 e.